The fourth-order valence-corrected chi connectivity index (χ4v) is 2.62. The molecule has 0 saturated carbocycles. The third kappa shape index (κ3) is 2.50. The molecular weight excluding hydrogens is 214 g/mol. The van der Waals surface area contributed by atoms with E-state index >= 15 is 0 Å². The minimum atomic E-state index is -0.813. The van der Waals surface area contributed by atoms with Crippen molar-refractivity contribution < 1.29 is 9.90 Å². The molecule has 0 spiro atoms. The van der Waals surface area contributed by atoms with Crippen molar-refractivity contribution in [1.29, 1.82) is 0 Å². The summed E-state index contributed by atoms with van der Waals surface area (Å²) in [5, 5.41) is 12.7. The fourth-order valence-electron chi connectivity index (χ4n) is 2.62. The normalized spacial score (nSPS) is 19.1. The summed E-state index contributed by atoms with van der Waals surface area (Å²) in [6, 6.07) is 6.33. The summed E-state index contributed by atoms with van der Waals surface area (Å²) in [5.74, 6) is -0.813. The van der Waals surface area contributed by atoms with Gasteiger partial charge in [0.2, 0.25) is 0 Å². The van der Waals surface area contributed by atoms with Gasteiger partial charge in [0.25, 0.3) is 0 Å². The van der Waals surface area contributed by atoms with Gasteiger partial charge in [-0.2, -0.15) is 0 Å². The first-order valence-corrected chi connectivity index (χ1v) is 6.20. The first-order chi connectivity index (χ1) is 8.09. The monoisotopic (exact) mass is 233 g/mol. The molecule has 0 aliphatic heterocycles. The largest absolute Gasteiger partial charge is 0.478 e. The molecule has 0 saturated heterocycles. The van der Waals surface area contributed by atoms with Crippen molar-refractivity contribution in [3.05, 3.63) is 34.9 Å². The Labute approximate surface area is 102 Å². The molecule has 0 heterocycles. The SMILES string of the molecule is CC(C)NC1CCCc2c(C(=O)O)cccc21. The van der Waals surface area contributed by atoms with Crippen molar-refractivity contribution in [1.82, 2.24) is 5.32 Å². The van der Waals surface area contributed by atoms with Crippen LogP contribution in [0.15, 0.2) is 18.2 Å². The van der Waals surface area contributed by atoms with Gasteiger partial charge in [-0.05, 0) is 36.5 Å². The van der Waals surface area contributed by atoms with Crippen molar-refractivity contribution in [3.63, 3.8) is 0 Å². The van der Waals surface area contributed by atoms with Crippen LogP contribution in [0.25, 0.3) is 0 Å². The van der Waals surface area contributed by atoms with Crippen LogP contribution in [0.4, 0.5) is 0 Å². The lowest BCUT2D eigenvalue weighted by molar-refractivity contribution is 0.0695. The Hall–Kier alpha value is -1.35. The van der Waals surface area contributed by atoms with Gasteiger partial charge in [0, 0.05) is 12.1 Å². The number of aromatic carboxylic acids is 1. The molecule has 2 rings (SSSR count). The number of nitrogens with one attached hydrogen (secondary N) is 1. The van der Waals surface area contributed by atoms with Crippen LogP contribution in [0, 0.1) is 0 Å². The highest BCUT2D eigenvalue weighted by molar-refractivity contribution is 5.90. The molecular formula is C14H19NO2. The number of hydrogen-bond donors (Lipinski definition) is 2. The van der Waals surface area contributed by atoms with Crippen LogP contribution in [0.5, 0.6) is 0 Å². The number of carboxylic acid groups (broad SMARTS) is 1. The minimum absolute atomic E-state index is 0.304. The van der Waals surface area contributed by atoms with Crippen molar-refractivity contribution in [2.45, 2.75) is 45.2 Å². The Kier molecular flexibility index (Phi) is 3.48. The second-order valence-electron chi connectivity index (χ2n) is 4.94. The van der Waals surface area contributed by atoms with Gasteiger partial charge < -0.3 is 10.4 Å². The van der Waals surface area contributed by atoms with E-state index in [2.05, 4.69) is 25.2 Å². The molecule has 0 bridgehead atoms. The zero-order chi connectivity index (χ0) is 12.4. The van der Waals surface area contributed by atoms with Gasteiger partial charge in [0.15, 0.2) is 0 Å². The molecule has 0 fully saturated rings. The Morgan fingerprint density at radius 2 is 2.24 bits per heavy atom. The molecule has 3 heteroatoms. The number of benzene rings is 1. The van der Waals surface area contributed by atoms with Gasteiger partial charge >= 0.3 is 5.97 Å². The van der Waals surface area contributed by atoms with Crippen LogP contribution in [0.1, 0.15) is 54.2 Å². The smallest absolute Gasteiger partial charge is 0.335 e. The molecule has 1 unspecified atom stereocenters. The van der Waals surface area contributed by atoms with Gasteiger partial charge in [0.1, 0.15) is 0 Å². The predicted octanol–water partition coefficient (Wildman–Crippen LogP) is 2.76. The van der Waals surface area contributed by atoms with Gasteiger partial charge in [-0.25, -0.2) is 4.79 Å². The first-order valence-electron chi connectivity index (χ1n) is 6.20. The van der Waals surface area contributed by atoms with Crippen LogP contribution in [-0.2, 0) is 6.42 Å². The van der Waals surface area contributed by atoms with E-state index in [1.165, 1.54) is 5.56 Å². The van der Waals surface area contributed by atoms with E-state index < -0.39 is 5.97 Å². The number of hydrogen-bond acceptors (Lipinski definition) is 2. The Balaban J connectivity index is 2.38. The molecule has 1 aromatic carbocycles. The molecule has 0 radical (unpaired) electrons. The van der Waals surface area contributed by atoms with Crippen LogP contribution >= 0.6 is 0 Å². The van der Waals surface area contributed by atoms with Crippen molar-refractivity contribution in [3.8, 4) is 0 Å². The summed E-state index contributed by atoms with van der Waals surface area (Å²) in [5.41, 5.74) is 2.66. The average molecular weight is 233 g/mol. The van der Waals surface area contributed by atoms with Crippen molar-refractivity contribution >= 4 is 5.97 Å². The molecule has 2 N–H and O–H groups in total. The van der Waals surface area contributed by atoms with Gasteiger partial charge in [-0.1, -0.05) is 26.0 Å². The third-order valence-electron chi connectivity index (χ3n) is 3.27. The highest BCUT2D eigenvalue weighted by Crippen LogP contribution is 2.32. The van der Waals surface area contributed by atoms with E-state index in [0.717, 1.165) is 24.8 Å². The minimum Gasteiger partial charge on any atom is -0.478 e. The number of carbonyl (C=O) groups is 1. The number of fused-ring (bicyclic) bond motifs is 1. The van der Waals surface area contributed by atoms with E-state index in [9.17, 15) is 9.90 Å². The zero-order valence-electron chi connectivity index (χ0n) is 10.4. The lowest BCUT2D eigenvalue weighted by Crippen LogP contribution is -2.31. The van der Waals surface area contributed by atoms with E-state index in [1.807, 2.05) is 6.07 Å². The molecule has 1 aromatic rings. The van der Waals surface area contributed by atoms with E-state index in [1.54, 1.807) is 6.07 Å². The highest BCUT2D eigenvalue weighted by atomic mass is 16.4. The standard InChI is InChI=1S/C14H19NO2/c1-9(2)15-13-8-4-5-10-11(13)6-3-7-12(10)14(16)17/h3,6-7,9,13,15H,4-5,8H2,1-2H3,(H,16,17). The summed E-state index contributed by atoms with van der Waals surface area (Å²) < 4.78 is 0. The Morgan fingerprint density at radius 3 is 2.88 bits per heavy atom. The van der Waals surface area contributed by atoms with E-state index in [4.69, 9.17) is 0 Å². The van der Waals surface area contributed by atoms with Crippen LogP contribution in [-0.4, -0.2) is 17.1 Å². The average Bonchev–Trinajstić information content (AvgIpc) is 2.28. The number of carboxylic acids is 1. The second-order valence-corrected chi connectivity index (χ2v) is 4.94. The summed E-state index contributed by atoms with van der Waals surface area (Å²) in [4.78, 5) is 11.2. The quantitative estimate of drug-likeness (QED) is 0.844. The molecule has 17 heavy (non-hydrogen) atoms. The summed E-state index contributed by atoms with van der Waals surface area (Å²) in [6.45, 7) is 4.24. The summed E-state index contributed by atoms with van der Waals surface area (Å²) in [7, 11) is 0. The zero-order valence-corrected chi connectivity index (χ0v) is 10.4. The molecule has 1 aliphatic rings. The van der Waals surface area contributed by atoms with Gasteiger partial charge in [-0.3, -0.25) is 0 Å². The van der Waals surface area contributed by atoms with Crippen molar-refractivity contribution in [2.75, 3.05) is 0 Å². The molecule has 1 atom stereocenters. The second kappa shape index (κ2) is 4.88. The first kappa shape index (κ1) is 12.1. The topological polar surface area (TPSA) is 49.3 Å². The third-order valence-corrected chi connectivity index (χ3v) is 3.27. The maximum Gasteiger partial charge on any atom is 0.335 e. The van der Waals surface area contributed by atoms with Crippen molar-refractivity contribution in [2.24, 2.45) is 0 Å². The molecule has 1 aliphatic carbocycles. The van der Waals surface area contributed by atoms with Crippen LogP contribution in [0.2, 0.25) is 0 Å². The van der Waals surface area contributed by atoms with Gasteiger partial charge in [0.05, 0.1) is 5.56 Å². The van der Waals surface area contributed by atoms with E-state index in [-0.39, 0.29) is 0 Å². The lowest BCUT2D eigenvalue weighted by atomic mass is 9.84. The summed E-state index contributed by atoms with van der Waals surface area (Å²) >= 11 is 0. The Morgan fingerprint density at radius 1 is 1.47 bits per heavy atom. The van der Waals surface area contributed by atoms with Gasteiger partial charge in [-0.15, -0.1) is 0 Å². The number of rotatable bonds is 3. The molecule has 0 aromatic heterocycles. The van der Waals surface area contributed by atoms with Crippen LogP contribution in [0.3, 0.4) is 0 Å². The maximum absolute atomic E-state index is 11.2. The lowest BCUT2D eigenvalue weighted by Gasteiger charge is -2.29. The maximum atomic E-state index is 11.2. The molecule has 92 valence electrons. The highest BCUT2D eigenvalue weighted by Gasteiger charge is 2.24. The molecule has 0 amide bonds. The Bertz CT molecular complexity index is 426. The predicted molar refractivity (Wildman–Crippen MR) is 67.4 cm³/mol. The molecule has 3 nitrogen and oxygen atoms in total. The van der Waals surface area contributed by atoms with Crippen LogP contribution < -0.4 is 5.32 Å². The summed E-state index contributed by atoms with van der Waals surface area (Å²) in [6.07, 6.45) is 3.03. The fraction of sp³-hybridized carbons (Fsp3) is 0.500. The van der Waals surface area contributed by atoms with E-state index in [0.29, 0.717) is 17.6 Å².